The van der Waals surface area contributed by atoms with Crippen LogP contribution in [-0.2, 0) is 9.53 Å². The summed E-state index contributed by atoms with van der Waals surface area (Å²) in [6.45, 7) is 4.60. The smallest absolute Gasteiger partial charge is 0.331 e. The van der Waals surface area contributed by atoms with Gasteiger partial charge in [-0.1, -0.05) is 25.1 Å². The molecule has 0 N–H and O–H groups in total. The summed E-state index contributed by atoms with van der Waals surface area (Å²) >= 11 is 0. The third-order valence-corrected chi connectivity index (χ3v) is 3.58. The van der Waals surface area contributed by atoms with Crippen LogP contribution in [0.4, 0.5) is 0 Å². The largest absolute Gasteiger partial charge is 0.496 e. The summed E-state index contributed by atoms with van der Waals surface area (Å²) < 4.78 is 10.5. The molecule has 1 aliphatic rings. The van der Waals surface area contributed by atoms with Crippen molar-refractivity contribution in [2.75, 3.05) is 13.7 Å². The molecule has 0 saturated heterocycles. The summed E-state index contributed by atoms with van der Waals surface area (Å²) in [6.07, 6.45) is 2.70. The van der Waals surface area contributed by atoms with E-state index in [1.807, 2.05) is 31.2 Å². The standard InChI is InChI=1S/C16H20O3/c1-11-8-13(11)10-19-16(17)9-12(2)14-6-4-5-7-15(14)18-3/h4-7,9,11,13H,8,10H2,1-3H3/b12-9+. The minimum Gasteiger partial charge on any atom is -0.496 e. The molecule has 2 atom stereocenters. The Balaban J connectivity index is 1.98. The number of rotatable bonds is 5. The van der Waals surface area contributed by atoms with Gasteiger partial charge in [0.25, 0.3) is 0 Å². The summed E-state index contributed by atoms with van der Waals surface area (Å²) in [5.74, 6) is 1.75. The fraction of sp³-hybridized carbons (Fsp3) is 0.438. The Morgan fingerprint density at radius 3 is 2.74 bits per heavy atom. The Hall–Kier alpha value is -1.77. The fourth-order valence-electron chi connectivity index (χ4n) is 2.09. The first kappa shape index (κ1) is 13.7. The SMILES string of the molecule is COc1ccccc1/C(C)=C/C(=O)OCC1CC1C. The van der Waals surface area contributed by atoms with Crippen LogP contribution in [0.5, 0.6) is 5.75 Å². The molecule has 0 bridgehead atoms. The molecular weight excluding hydrogens is 240 g/mol. The second kappa shape index (κ2) is 5.91. The highest BCUT2D eigenvalue weighted by Gasteiger charge is 2.33. The molecule has 102 valence electrons. The normalized spacial score (nSPS) is 21.9. The van der Waals surface area contributed by atoms with Gasteiger partial charge in [-0.05, 0) is 36.8 Å². The van der Waals surface area contributed by atoms with E-state index in [4.69, 9.17) is 9.47 Å². The third-order valence-electron chi connectivity index (χ3n) is 3.58. The van der Waals surface area contributed by atoms with Gasteiger partial charge in [0.1, 0.15) is 5.75 Å². The lowest BCUT2D eigenvalue weighted by molar-refractivity contribution is -0.138. The third kappa shape index (κ3) is 3.60. The van der Waals surface area contributed by atoms with E-state index in [-0.39, 0.29) is 5.97 Å². The van der Waals surface area contributed by atoms with Gasteiger partial charge in [0.15, 0.2) is 0 Å². The molecule has 3 nitrogen and oxygen atoms in total. The Bertz CT molecular complexity index is 491. The van der Waals surface area contributed by atoms with Crippen molar-refractivity contribution in [3.63, 3.8) is 0 Å². The van der Waals surface area contributed by atoms with Crippen molar-refractivity contribution in [1.29, 1.82) is 0 Å². The number of para-hydroxylation sites is 1. The van der Waals surface area contributed by atoms with Crippen molar-refractivity contribution < 1.29 is 14.3 Å². The predicted octanol–water partition coefficient (Wildman–Crippen LogP) is 3.30. The molecule has 1 saturated carbocycles. The van der Waals surface area contributed by atoms with Crippen LogP contribution in [0.25, 0.3) is 5.57 Å². The highest BCUT2D eigenvalue weighted by atomic mass is 16.5. The maximum Gasteiger partial charge on any atom is 0.331 e. The van der Waals surface area contributed by atoms with Crippen LogP contribution in [0.1, 0.15) is 25.8 Å². The number of benzene rings is 1. The highest BCUT2D eigenvalue weighted by molar-refractivity contribution is 5.91. The van der Waals surface area contributed by atoms with Crippen molar-refractivity contribution in [1.82, 2.24) is 0 Å². The molecule has 0 spiro atoms. The first-order chi connectivity index (χ1) is 9.11. The predicted molar refractivity (Wildman–Crippen MR) is 74.9 cm³/mol. The Morgan fingerprint density at radius 2 is 2.11 bits per heavy atom. The number of esters is 1. The molecule has 2 rings (SSSR count). The van der Waals surface area contributed by atoms with E-state index in [1.54, 1.807) is 7.11 Å². The molecule has 2 unspecified atom stereocenters. The van der Waals surface area contributed by atoms with Gasteiger partial charge in [0.05, 0.1) is 13.7 Å². The van der Waals surface area contributed by atoms with Crippen LogP contribution < -0.4 is 4.74 Å². The number of hydrogen-bond acceptors (Lipinski definition) is 3. The molecule has 0 aliphatic heterocycles. The molecule has 1 aliphatic carbocycles. The van der Waals surface area contributed by atoms with Gasteiger partial charge in [0, 0.05) is 11.6 Å². The lowest BCUT2D eigenvalue weighted by atomic mass is 10.1. The van der Waals surface area contributed by atoms with Crippen LogP contribution in [-0.4, -0.2) is 19.7 Å². The van der Waals surface area contributed by atoms with Crippen LogP contribution in [0.3, 0.4) is 0 Å². The van der Waals surface area contributed by atoms with Gasteiger partial charge in [0.2, 0.25) is 0 Å². The van der Waals surface area contributed by atoms with Crippen LogP contribution in [0.2, 0.25) is 0 Å². The molecule has 3 heteroatoms. The quantitative estimate of drug-likeness (QED) is 0.602. The average Bonchev–Trinajstić information content (AvgIpc) is 3.12. The lowest BCUT2D eigenvalue weighted by Crippen LogP contribution is -2.05. The Kier molecular flexibility index (Phi) is 4.25. The van der Waals surface area contributed by atoms with Gasteiger partial charge < -0.3 is 9.47 Å². The van der Waals surface area contributed by atoms with E-state index >= 15 is 0 Å². The molecule has 0 radical (unpaired) electrons. The van der Waals surface area contributed by atoms with E-state index in [2.05, 4.69) is 6.92 Å². The summed E-state index contributed by atoms with van der Waals surface area (Å²) in [4.78, 5) is 11.7. The van der Waals surface area contributed by atoms with E-state index < -0.39 is 0 Å². The zero-order valence-electron chi connectivity index (χ0n) is 11.7. The van der Waals surface area contributed by atoms with Gasteiger partial charge >= 0.3 is 5.97 Å². The number of methoxy groups -OCH3 is 1. The van der Waals surface area contributed by atoms with E-state index in [9.17, 15) is 4.79 Å². The van der Waals surface area contributed by atoms with Crippen molar-refractivity contribution in [2.24, 2.45) is 11.8 Å². The number of allylic oxidation sites excluding steroid dienone is 1. The second-order valence-electron chi connectivity index (χ2n) is 5.13. The zero-order valence-corrected chi connectivity index (χ0v) is 11.7. The van der Waals surface area contributed by atoms with Crippen molar-refractivity contribution in [3.05, 3.63) is 35.9 Å². The van der Waals surface area contributed by atoms with Gasteiger partial charge in [-0.25, -0.2) is 4.79 Å². The Morgan fingerprint density at radius 1 is 1.42 bits per heavy atom. The van der Waals surface area contributed by atoms with Crippen molar-refractivity contribution in [2.45, 2.75) is 20.3 Å². The van der Waals surface area contributed by atoms with Crippen molar-refractivity contribution >= 4 is 11.5 Å². The van der Waals surface area contributed by atoms with Crippen LogP contribution >= 0.6 is 0 Å². The highest BCUT2D eigenvalue weighted by Crippen LogP contribution is 2.37. The molecule has 19 heavy (non-hydrogen) atoms. The molecule has 0 amide bonds. The average molecular weight is 260 g/mol. The fourth-order valence-corrected chi connectivity index (χ4v) is 2.09. The molecule has 1 fully saturated rings. The van der Waals surface area contributed by atoms with Crippen LogP contribution in [0.15, 0.2) is 30.3 Å². The monoisotopic (exact) mass is 260 g/mol. The molecule has 0 aromatic heterocycles. The maximum absolute atomic E-state index is 11.7. The van der Waals surface area contributed by atoms with Gasteiger partial charge in [-0.15, -0.1) is 0 Å². The van der Waals surface area contributed by atoms with Crippen molar-refractivity contribution in [3.8, 4) is 5.75 Å². The van der Waals surface area contributed by atoms with E-state index in [0.717, 1.165) is 16.9 Å². The van der Waals surface area contributed by atoms with Gasteiger partial charge in [-0.3, -0.25) is 0 Å². The van der Waals surface area contributed by atoms with E-state index in [1.165, 1.54) is 12.5 Å². The summed E-state index contributed by atoms with van der Waals surface area (Å²) in [6, 6.07) is 7.64. The van der Waals surface area contributed by atoms with Crippen LogP contribution in [0, 0.1) is 11.8 Å². The molecule has 1 aromatic carbocycles. The minimum absolute atomic E-state index is 0.275. The summed E-state index contributed by atoms with van der Waals surface area (Å²) in [5, 5.41) is 0. The summed E-state index contributed by atoms with van der Waals surface area (Å²) in [7, 11) is 1.62. The first-order valence-electron chi connectivity index (χ1n) is 6.60. The molecular formula is C16H20O3. The summed E-state index contributed by atoms with van der Waals surface area (Å²) in [5.41, 5.74) is 1.77. The second-order valence-corrected chi connectivity index (χ2v) is 5.13. The van der Waals surface area contributed by atoms with Gasteiger partial charge in [-0.2, -0.15) is 0 Å². The lowest BCUT2D eigenvalue weighted by Gasteiger charge is -2.08. The number of carbonyl (C=O) groups is 1. The number of hydrogen-bond donors (Lipinski definition) is 0. The number of ether oxygens (including phenoxy) is 2. The topological polar surface area (TPSA) is 35.5 Å². The minimum atomic E-state index is -0.275. The maximum atomic E-state index is 11.7. The first-order valence-corrected chi connectivity index (χ1v) is 6.60. The molecule has 0 heterocycles. The molecule has 1 aromatic rings. The Labute approximate surface area is 114 Å². The van der Waals surface area contributed by atoms with E-state index in [0.29, 0.717) is 18.4 Å². The zero-order chi connectivity index (χ0) is 13.8. The number of carbonyl (C=O) groups excluding carboxylic acids is 1.